The maximum atomic E-state index is 3.36. The third-order valence-electron chi connectivity index (χ3n) is 1.38. The summed E-state index contributed by atoms with van der Waals surface area (Å²) in [5.74, 6) is 1.25. The highest BCUT2D eigenvalue weighted by Gasteiger charge is 1.89. The van der Waals surface area contributed by atoms with E-state index in [4.69, 9.17) is 0 Å². The molecule has 0 bridgehead atoms. The van der Waals surface area contributed by atoms with Gasteiger partial charge in [-0.2, -0.15) is 23.1 Å². The Morgan fingerprint density at radius 2 is 2.55 bits per heavy atom. The second kappa shape index (κ2) is 5.49. The van der Waals surface area contributed by atoms with E-state index in [1.54, 1.807) is 11.3 Å². The maximum absolute atomic E-state index is 3.36. The van der Waals surface area contributed by atoms with E-state index in [0.717, 1.165) is 6.54 Å². The second-order valence-corrected chi connectivity index (χ2v) is 4.05. The maximum Gasteiger partial charge on any atom is 0.0448 e. The predicted molar refractivity (Wildman–Crippen MR) is 55.8 cm³/mol. The molecule has 0 spiro atoms. The minimum Gasteiger partial charge on any atom is -0.384 e. The van der Waals surface area contributed by atoms with E-state index < -0.39 is 0 Å². The predicted octanol–water partition coefficient (Wildman–Crippen LogP) is 2.91. The van der Waals surface area contributed by atoms with Crippen molar-refractivity contribution in [1.29, 1.82) is 0 Å². The van der Waals surface area contributed by atoms with Crippen LogP contribution in [0.1, 0.15) is 6.42 Å². The van der Waals surface area contributed by atoms with Gasteiger partial charge in [0.1, 0.15) is 0 Å². The second-order valence-electron chi connectivity index (χ2n) is 2.29. The molecule has 0 saturated carbocycles. The van der Waals surface area contributed by atoms with Crippen LogP contribution in [0, 0.1) is 0 Å². The summed E-state index contributed by atoms with van der Waals surface area (Å²) >= 11 is 3.64. The van der Waals surface area contributed by atoms with E-state index in [0.29, 0.717) is 0 Å². The van der Waals surface area contributed by atoms with E-state index >= 15 is 0 Å². The highest BCUT2D eigenvalue weighted by Crippen LogP contribution is 2.11. The molecule has 0 aliphatic rings. The minimum absolute atomic E-state index is 1.09. The molecule has 1 N–H and O–H groups in total. The van der Waals surface area contributed by atoms with Crippen LogP contribution < -0.4 is 5.32 Å². The molecule has 0 amide bonds. The Balaban J connectivity index is 2.04. The number of nitrogens with one attached hydrogen (secondary N) is 1. The molecule has 3 heteroatoms. The lowest BCUT2D eigenvalue weighted by Crippen LogP contribution is -2.00. The minimum atomic E-state index is 1.09. The van der Waals surface area contributed by atoms with Crippen molar-refractivity contribution in [2.75, 3.05) is 23.9 Å². The molecule has 0 aliphatic carbocycles. The number of hydrogen-bond acceptors (Lipinski definition) is 3. The molecular formula is C8H13NS2. The topological polar surface area (TPSA) is 12.0 Å². The average molecular weight is 187 g/mol. The Kier molecular flexibility index (Phi) is 4.47. The van der Waals surface area contributed by atoms with Gasteiger partial charge in [-0.25, -0.2) is 0 Å². The van der Waals surface area contributed by atoms with Crippen molar-refractivity contribution >= 4 is 28.8 Å². The lowest BCUT2D eigenvalue weighted by atomic mass is 10.4. The molecule has 0 fully saturated rings. The zero-order valence-electron chi connectivity index (χ0n) is 6.67. The number of thiophene rings is 1. The molecule has 1 nitrogen and oxygen atoms in total. The summed E-state index contributed by atoms with van der Waals surface area (Å²) in [6.07, 6.45) is 3.39. The van der Waals surface area contributed by atoms with Gasteiger partial charge in [0.05, 0.1) is 0 Å². The monoisotopic (exact) mass is 187 g/mol. The van der Waals surface area contributed by atoms with Crippen LogP contribution in [0.25, 0.3) is 0 Å². The first-order valence-corrected chi connectivity index (χ1v) is 6.02. The van der Waals surface area contributed by atoms with E-state index in [1.165, 1.54) is 17.9 Å². The largest absolute Gasteiger partial charge is 0.384 e. The first-order chi connectivity index (χ1) is 5.43. The van der Waals surface area contributed by atoms with Gasteiger partial charge in [-0.05, 0) is 29.9 Å². The van der Waals surface area contributed by atoms with Crippen molar-refractivity contribution in [3.05, 3.63) is 16.8 Å². The summed E-state index contributed by atoms with van der Waals surface area (Å²) in [6.45, 7) is 1.09. The van der Waals surface area contributed by atoms with Gasteiger partial charge < -0.3 is 5.32 Å². The fourth-order valence-corrected chi connectivity index (χ4v) is 1.86. The lowest BCUT2D eigenvalue weighted by Gasteiger charge is -2.01. The van der Waals surface area contributed by atoms with Gasteiger partial charge in [0.15, 0.2) is 0 Å². The molecule has 1 rings (SSSR count). The van der Waals surface area contributed by atoms with Crippen LogP contribution in [0.5, 0.6) is 0 Å². The van der Waals surface area contributed by atoms with Crippen LogP contribution in [0.3, 0.4) is 0 Å². The van der Waals surface area contributed by atoms with Crippen LogP contribution in [-0.4, -0.2) is 18.6 Å². The van der Waals surface area contributed by atoms with Crippen LogP contribution >= 0.6 is 23.1 Å². The Hall–Kier alpha value is -0.150. The molecule has 1 aromatic rings. The molecule has 0 aromatic carbocycles. The summed E-state index contributed by atoms with van der Waals surface area (Å²) in [5.41, 5.74) is 1.26. The van der Waals surface area contributed by atoms with Crippen LogP contribution in [-0.2, 0) is 0 Å². The highest BCUT2D eigenvalue weighted by atomic mass is 32.2. The Labute approximate surface area is 76.2 Å². The summed E-state index contributed by atoms with van der Waals surface area (Å²) < 4.78 is 0. The quantitative estimate of drug-likeness (QED) is 0.711. The third-order valence-corrected chi connectivity index (χ3v) is 2.76. The van der Waals surface area contributed by atoms with Crippen LogP contribution in [0.15, 0.2) is 16.8 Å². The molecule has 0 atom stereocenters. The number of thioether (sulfide) groups is 1. The van der Waals surface area contributed by atoms with Gasteiger partial charge in [-0.3, -0.25) is 0 Å². The average Bonchev–Trinajstić information content (AvgIpc) is 2.50. The lowest BCUT2D eigenvalue weighted by molar-refractivity contribution is 0.995. The van der Waals surface area contributed by atoms with Crippen molar-refractivity contribution in [1.82, 2.24) is 0 Å². The van der Waals surface area contributed by atoms with Gasteiger partial charge in [-0.1, -0.05) is 0 Å². The van der Waals surface area contributed by atoms with Crippen molar-refractivity contribution in [3.8, 4) is 0 Å². The van der Waals surface area contributed by atoms with Crippen molar-refractivity contribution in [2.45, 2.75) is 6.42 Å². The van der Waals surface area contributed by atoms with E-state index in [-0.39, 0.29) is 0 Å². The van der Waals surface area contributed by atoms with Gasteiger partial charge in [0, 0.05) is 17.6 Å². The number of rotatable bonds is 5. The van der Waals surface area contributed by atoms with Gasteiger partial charge in [-0.15, -0.1) is 0 Å². The van der Waals surface area contributed by atoms with Crippen LogP contribution in [0.2, 0.25) is 0 Å². The molecular weight excluding hydrogens is 174 g/mol. The van der Waals surface area contributed by atoms with Crippen LogP contribution in [0.4, 0.5) is 5.69 Å². The first-order valence-electron chi connectivity index (χ1n) is 3.68. The highest BCUT2D eigenvalue weighted by molar-refractivity contribution is 7.98. The Morgan fingerprint density at radius 3 is 3.18 bits per heavy atom. The van der Waals surface area contributed by atoms with E-state index in [2.05, 4.69) is 28.4 Å². The van der Waals surface area contributed by atoms with Gasteiger partial charge in [0.2, 0.25) is 0 Å². The number of anilines is 1. The fourth-order valence-electron chi connectivity index (χ4n) is 0.814. The molecule has 1 heterocycles. The standard InChI is InChI=1S/C8H13NS2/c1-10-5-2-4-9-8-3-6-11-7-8/h3,6-7,9H,2,4-5H2,1H3. The summed E-state index contributed by atoms with van der Waals surface area (Å²) in [4.78, 5) is 0. The summed E-state index contributed by atoms with van der Waals surface area (Å²) in [6, 6.07) is 2.11. The molecule has 0 aliphatic heterocycles. The van der Waals surface area contributed by atoms with E-state index in [9.17, 15) is 0 Å². The van der Waals surface area contributed by atoms with Crippen molar-refractivity contribution < 1.29 is 0 Å². The van der Waals surface area contributed by atoms with E-state index in [1.807, 2.05) is 11.8 Å². The molecule has 0 radical (unpaired) electrons. The SMILES string of the molecule is CSCCCNc1ccsc1. The van der Waals surface area contributed by atoms with Crippen molar-refractivity contribution in [2.24, 2.45) is 0 Å². The summed E-state index contributed by atoms with van der Waals surface area (Å²) in [7, 11) is 0. The zero-order chi connectivity index (χ0) is 7.94. The fraction of sp³-hybridized carbons (Fsp3) is 0.500. The zero-order valence-corrected chi connectivity index (χ0v) is 8.30. The Morgan fingerprint density at radius 1 is 1.64 bits per heavy atom. The Bertz CT molecular complexity index is 172. The molecule has 1 aromatic heterocycles. The van der Waals surface area contributed by atoms with Crippen molar-refractivity contribution in [3.63, 3.8) is 0 Å². The third kappa shape index (κ3) is 3.68. The molecule has 11 heavy (non-hydrogen) atoms. The normalized spacial score (nSPS) is 9.91. The number of hydrogen-bond donors (Lipinski definition) is 1. The summed E-state index contributed by atoms with van der Waals surface area (Å²) in [5, 5.41) is 7.59. The van der Waals surface area contributed by atoms with Gasteiger partial charge in [0.25, 0.3) is 0 Å². The smallest absolute Gasteiger partial charge is 0.0448 e. The first kappa shape index (κ1) is 8.94. The molecule has 0 saturated heterocycles. The van der Waals surface area contributed by atoms with Gasteiger partial charge >= 0.3 is 0 Å². The molecule has 62 valence electrons. The molecule has 0 unspecified atom stereocenters.